The lowest BCUT2D eigenvalue weighted by atomic mass is 9.79. The molecule has 0 bridgehead atoms. The number of benzene rings is 1. The Morgan fingerprint density at radius 3 is 2.36 bits per heavy atom. The Bertz CT molecular complexity index is 963. The van der Waals surface area contributed by atoms with Gasteiger partial charge in [0.15, 0.2) is 0 Å². The van der Waals surface area contributed by atoms with E-state index in [1.807, 2.05) is 30.3 Å². The zero-order chi connectivity index (χ0) is 28.4. The van der Waals surface area contributed by atoms with Crippen molar-refractivity contribution in [2.45, 2.75) is 103 Å². The van der Waals surface area contributed by atoms with Gasteiger partial charge in [-0.25, -0.2) is 4.79 Å². The van der Waals surface area contributed by atoms with Crippen LogP contribution in [0.4, 0.5) is 0 Å². The van der Waals surface area contributed by atoms with Crippen LogP contribution in [-0.2, 0) is 34.8 Å². The number of hydrogen-bond donors (Lipinski definition) is 1. The molecule has 0 spiro atoms. The van der Waals surface area contributed by atoms with Crippen LogP contribution in [0.3, 0.4) is 0 Å². The number of carboxylic acids is 1. The molecule has 9 heteroatoms. The smallest absolute Gasteiger partial charge is 0.380 e. The third-order valence-electron chi connectivity index (χ3n) is 7.97. The maximum atomic E-state index is 13.9. The summed E-state index contributed by atoms with van der Waals surface area (Å²) in [5, 5.41) is 9.99. The third-order valence-corrected chi connectivity index (χ3v) is 9.59. The van der Waals surface area contributed by atoms with Gasteiger partial charge in [0.25, 0.3) is 0 Å². The van der Waals surface area contributed by atoms with E-state index >= 15 is 0 Å². The van der Waals surface area contributed by atoms with Crippen molar-refractivity contribution in [1.29, 1.82) is 0 Å². The van der Waals surface area contributed by atoms with E-state index in [4.69, 9.17) is 9.47 Å². The molecule has 1 aliphatic heterocycles. The largest absolute Gasteiger partial charge is 0.480 e. The van der Waals surface area contributed by atoms with Crippen molar-refractivity contribution in [2.24, 2.45) is 17.8 Å². The summed E-state index contributed by atoms with van der Waals surface area (Å²) in [5.74, 6) is -3.21. The molecule has 8 nitrogen and oxygen atoms in total. The number of nitrogens with zero attached hydrogens (tertiary/aromatic N) is 1. The molecule has 1 aliphatic carbocycles. The summed E-state index contributed by atoms with van der Waals surface area (Å²) < 4.78 is 25.1. The molecule has 1 N–H and O–H groups in total. The summed E-state index contributed by atoms with van der Waals surface area (Å²) in [4.78, 5) is 39.6. The van der Waals surface area contributed by atoms with Gasteiger partial charge in [-0.3, -0.25) is 14.3 Å². The van der Waals surface area contributed by atoms with Crippen molar-refractivity contribution < 1.29 is 33.5 Å². The highest BCUT2D eigenvalue weighted by molar-refractivity contribution is 7.46. The van der Waals surface area contributed by atoms with Crippen LogP contribution in [0.15, 0.2) is 30.3 Å². The molecule has 0 radical (unpaired) electrons. The number of aryl methyl sites for hydroxylation is 1. The average molecular weight is 563 g/mol. The number of unbranched alkanes of at least 4 members (excludes halogenated alkanes) is 1. The molecule has 1 amide bonds. The Morgan fingerprint density at radius 2 is 1.74 bits per heavy atom. The number of esters is 1. The maximum Gasteiger partial charge on any atom is 0.380 e. The Labute approximate surface area is 233 Å². The van der Waals surface area contributed by atoms with Crippen molar-refractivity contribution in [1.82, 2.24) is 4.90 Å². The third kappa shape index (κ3) is 9.11. The maximum absolute atomic E-state index is 13.9. The van der Waals surface area contributed by atoms with E-state index in [0.29, 0.717) is 25.3 Å². The number of carbonyl (C=O) groups excluding carboxylic acids is 2. The Hall–Kier alpha value is -2.31. The lowest BCUT2D eigenvalue weighted by Crippen LogP contribution is -2.47. The lowest BCUT2D eigenvalue weighted by Gasteiger charge is -2.28. The fourth-order valence-electron chi connectivity index (χ4n) is 5.70. The normalized spacial score (nSPS) is 21.9. The van der Waals surface area contributed by atoms with Crippen molar-refractivity contribution >= 4 is 25.6 Å². The number of likely N-dealkylation sites (tertiary alicyclic amines) is 1. The van der Waals surface area contributed by atoms with E-state index in [9.17, 15) is 24.1 Å². The summed E-state index contributed by atoms with van der Waals surface area (Å²) in [5.41, 5.74) is 1.19. The summed E-state index contributed by atoms with van der Waals surface area (Å²) in [7, 11) is -2.18. The first-order valence-corrected chi connectivity index (χ1v) is 16.1. The minimum atomic E-state index is -2.18. The first-order valence-electron chi connectivity index (χ1n) is 14.6. The molecule has 1 heterocycles. The number of ether oxygens (including phenoxy) is 2. The van der Waals surface area contributed by atoms with E-state index in [1.54, 1.807) is 20.8 Å². The molecule has 3 rings (SSSR count). The molecular formula is C30H45NO7P+. The molecule has 2 aliphatic rings. The molecule has 0 aromatic heterocycles. The van der Waals surface area contributed by atoms with Gasteiger partial charge in [0.1, 0.15) is 12.2 Å². The fraction of sp³-hybridized carbons (Fsp3) is 0.700. The van der Waals surface area contributed by atoms with Gasteiger partial charge in [-0.15, -0.1) is 0 Å². The van der Waals surface area contributed by atoms with Crippen LogP contribution in [0.2, 0.25) is 0 Å². The van der Waals surface area contributed by atoms with Gasteiger partial charge in [0.05, 0.1) is 0 Å². The van der Waals surface area contributed by atoms with Crippen LogP contribution in [0.5, 0.6) is 0 Å². The second-order valence-electron chi connectivity index (χ2n) is 11.3. The second-order valence-corrected chi connectivity index (χ2v) is 13.0. The summed E-state index contributed by atoms with van der Waals surface area (Å²) in [6, 6.07) is 9.06. The molecule has 1 saturated heterocycles. The van der Waals surface area contributed by atoms with Gasteiger partial charge in [0, 0.05) is 18.9 Å². The van der Waals surface area contributed by atoms with E-state index in [2.05, 4.69) is 0 Å². The van der Waals surface area contributed by atoms with Gasteiger partial charge in [-0.1, -0.05) is 87.8 Å². The number of carbonyl (C=O) groups is 3. The highest BCUT2D eigenvalue weighted by atomic mass is 31.1. The van der Waals surface area contributed by atoms with Crippen LogP contribution >= 0.6 is 7.80 Å². The summed E-state index contributed by atoms with van der Waals surface area (Å²) in [6.45, 7) is 5.61. The highest BCUT2D eigenvalue weighted by Gasteiger charge is 2.50. The molecule has 1 aromatic carbocycles. The van der Waals surface area contributed by atoms with E-state index in [-0.39, 0.29) is 24.4 Å². The van der Waals surface area contributed by atoms with E-state index in [0.717, 1.165) is 38.5 Å². The Balaban J connectivity index is 1.75. The topological polar surface area (TPSA) is 110 Å². The zero-order valence-corrected chi connectivity index (χ0v) is 24.5. The highest BCUT2D eigenvalue weighted by Crippen LogP contribution is 2.40. The van der Waals surface area contributed by atoms with E-state index < -0.39 is 43.8 Å². The monoisotopic (exact) mass is 562 g/mol. The van der Waals surface area contributed by atoms with Crippen molar-refractivity contribution in [3.8, 4) is 0 Å². The molecule has 1 aromatic rings. The number of carboxylic acid groups (broad SMARTS) is 1. The lowest BCUT2D eigenvalue weighted by molar-refractivity contribution is -0.197. The summed E-state index contributed by atoms with van der Waals surface area (Å²) >= 11 is 0. The molecule has 39 heavy (non-hydrogen) atoms. The minimum Gasteiger partial charge on any atom is -0.480 e. The van der Waals surface area contributed by atoms with Gasteiger partial charge in [0.2, 0.25) is 6.29 Å². The number of aliphatic carboxylic acids is 1. The summed E-state index contributed by atoms with van der Waals surface area (Å²) in [6.07, 6.45) is 7.60. The van der Waals surface area contributed by atoms with Crippen LogP contribution < -0.4 is 0 Å². The molecule has 2 fully saturated rings. The van der Waals surface area contributed by atoms with Crippen LogP contribution in [0.25, 0.3) is 0 Å². The number of rotatable bonds is 14. The SMILES string of the molecule is CCC(=O)O[C@H](O[C@@H](C(=O)N1C[C@H](C2CCCCC2)C[C@H]1C(=O)O)[P+](=O)CCCCc1ccccc1)C(C)C. The fourth-order valence-corrected chi connectivity index (χ4v) is 7.12. The van der Waals surface area contributed by atoms with Gasteiger partial charge in [-0.05, 0) is 43.1 Å². The van der Waals surface area contributed by atoms with Crippen molar-refractivity contribution in [3.63, 3.8) is 0 Å². The molecule has 216 valence electrons. The van der Waals surface area contributed by atoms with Crippen LogP contribution in [0.1, 0.15) is 84.1 Å². The average Bonchev–Trinajstić information content (AvgIpc) is 3.40. The van der Waals surface area contributed by atoms with Gasteiger partial charge in [-0.2, -0.15) is 0 Å². The van der Waals surface area contributed by atoms with Crippen molar-refractivity contribution in [2.75, 3.05) is 12.7 Å². The van der Waals surface area contributed by atoms with E-state index in [1.165, 1.54) is 16.9 Å². The van der Waals surface area contributed by atoms with Gasteiger partial charge < -0.3 is 14.7 Å². The number of amides is 1. The quantitative estimate of drug-likeness (QED) is 0.128. The first kappa shape index (κ1) is 31.2. The Kier molecular flexibility index (Phi) is 12.4. The second kappa shape index (κ2) is 15.5. The predicted molar refractivity (Wildman–Crippen MR) is 150 cm³/mol. The van der Waals surface area contributed by atoms with Crippen LogP contribution in [0, 0.1) is 17.8 Å². The standard InChI is InChI=1S/C30H44NO7P/c1-4-26(32)37-29(21(2)3)38-30(39(36)18-12-11-15-22-13-7-5-8-14-22)27(33)31-20-24(19-25(31)28(34)35)23-16-9-6-10-17-23/h5,7-8,13-14,21,23-25,29-30H,4,6,9-12,15-20H2,1-3H3/p+1/t24-,25+,29-,30-/m1/s1. The predicted octanol–water partition coefficient (Wildman–Crippen LogP) is 6.00. The first-order chi connectivity index (χ1) is 18.7. The van der Waals surface area contributed by atoms with Crippen LogP contribution in [-0.4, -0.2) is 58.7 Å². The number of hydrogen-bond acceptors (Lipinski definition) is 6. The molecular weight excluding hydrogens is 517 g/mol. The van der Waals surface area contributed by atoms with Crippen molar-refractivity contribution in [3.05, 3.63) is 35.9 Å². The molecule has 1 saturated carbocycles. The molecule has 5 atom stereocenters. The zero-order valence-electron chi connectivity index (χ0n) is 23.6. The Morgan fingerprint density at radius 1 is 1.05 bits per heavy atom. The molecule has 1 unspecified atom stereocenters. The minimum absolute atomic E-state index is 0.110. The van der Waals surface area contributed by atoms with Gasteiger partial charge >= 0.3 is 31.5 Å².